The van der Waals surface area contributed by atoms with Crippen LogP contribution in [-0.2, 0) is 18.4 Å². The van der Waals surface area contributed by atoms with Gasteiger partial charge in [0, 0.05) is 45.2 Å². The van der Waals surface area contributed by atoms with E-state index in [1.807, 2.05) is 26.0 Å². The average molecular weight is 450 g/mol. The van der Waals surface area contributed by atoms with Crippen molar-refractivity contribution < 1.29 is 9.18 Å². The van der Waals surface area contributed by atoms with Crippen LogP contribution in [0.3, 0.4) is 0 Å². The first kappa shape index (κ1) is 22.9. The fourth-order valence-corrected chi connectivity index (χ4v) is 4.52. The Balaban J connectivity index is 1.61. The zero-order valence-corrected chi connectivity index (χ0v) is 19.2. The SMILES string of the molecule is CCC(=O)C1=C(c2ccc(F)cc2)CCN(CCn2c(=O)c3cc(C)ccc3n(C)c2=O)C1. The molecule has 0 aliphatic carbocycles. The van der Waals surface area contributed by atoms with Gasteiger partial charge in [0.05, 0.1) is 10.9 Å². The highest BCUT2D eigenvalue weighted by Gasteiger charge is 2.24. The van der Waals surface area contributed by atoms with E-state index in [1.165, 1.54) is 21.3 Å². The molecule has 4 rings (SSSR count). The standard InChI is InChI=1S/C26H28FN3O3/c1-4-24(31)22-16-29(12-11-20(22)18-6-8-19(27)9-7-18)13-14-30-25(32)21-15-17(2)5-10-23(21)28(3)26(30)33/h5-10,15H,4,11-14,16H2,1-3H3. The quantitative estimate of drug-likeness (QED) is 0.579. The zero-order valence-electron chi connectivity index (χ0n) is 19.2. The second-order valence-corrected chi connectivity index (χ2v) is 8.59. The van der Waals surface area contributed by atoms with E-state index in [0.29, 0.717) is 43.4 Å². The Morgan fingerprint density at radius 2 is 1.79 bits per heavy atom. The molecule has 0 unspecified atom stereocenters. The van der Waals surface area contributed by atoms with Gasteiger partial charge >= 0.3 is 5.69 Å². The number of hydrogen-bond donors (Lipinski definition) is 0. The molecule has 1 aliphatic heterocycles. The second-order valence-electron chi connectivity index (χ2n) is 8.59. The summed E-state index contributed by atoms with van der Waals surface area (Å²) in [4.78, 5) is 40.7. The molecule has 0 fully saturated rings. The van der Waals surface area contributed by atoms with Gasteiger partial charge in [-0.3, -0.25) is 23.6 Å². The van der Waals surface area contributed by atoms with Crippen LogP contribution < -0.4 is 11.2 Å². The molecule has 1 aliphatic rings. The Morgan fingerprint density at radius 1 is 1.06 bits per heavy atom. The number of fused-ring (bicyclic) bond motifs is 1. The molecule has 3 aromatic rings. The van der Waals surface area contributed by atoms with Gasteiger partial charge in [0.25, 0.3) is 5.56 Å². The lowest BCUT2D eigenvalue weighted by atomic mass is 9.90. The molecule has 0 spiro atoms. The van der Waals surface area contributed by atoms with Gasteiger partial charge in [0.1, 0.15) is 5.82 Å². The average Bonchev–Trinajstić information content (AvgIpc) is 2.82. The van der Waals surface area contributed by atoms with E-state index in [-0.39, 0.29) is 29.4 Å². The Labute approximate surface area is 191 Å². The van der Waals surface area contributed by atoms with Gasteiger partial charge in [-0.25, -0.2) is 9.18 Å². The van der Waals surface area contributed by atoms with Crippen LogP contribution in [0.2, 0.25) is 0 Å². The number of halogens is 1. The zero-order chi connectivity index (χ0) is 23.7. The molecular formula is C26H28FN3O3. The number of nitrogens with zero attached hydrogens (tertiary/aromatic N) is 3. The van der Waals surface area contributed by atoms with Crippen molar-refractivity contribution in [1.29, 1.82) is 0 Å². The molecule has 0 saturated heterocycles. The van der Waals surface area contributed by atoms with Crippen LogP contribution >= 0.6 is 0 Å². The van der Waals surface area contributed by atoms with Crippen LogP contribution in [0.4, 0.5) is 4.39 Å². The second kappa shape index (κ2) is 9.27. The number of carbonyl (C=O) groups excluding carboxylic acids is 1. The summed E-state index contributed by atoms with van der Waals surface area (Å²) in [5, 5.41) is 0.524. The summed E-state index contributed by atoms with van der Waals surface area (Å²) in [6.07, 6.45) is 1.04. The monoisotopic (exact) mass is 449 g/mol. The predicted molar refractivity (Wildman–Crippen MR) is 128 cm³/mol. The first-order valence-electron chi connectivity index (χ1n) is 11.2. The van der Waals surface area contributed by atoms with Gasteiger partial charge in [0.15, 0.2) is 5.78 Å². The number of hydrogen-bond acceptors (Lipinski definition) is 4. The summed E-state index contributed by atoms with van der Waals surface area (Å²) >= 11 is 0. The van der Waals surface area contributed by atoms with E-state index in [2.05, 4.69) is 4.90 Å². The molecule has 2 heterocycles. The third-order valence-electron chi connectivity index (χ3n) is 6.42. The Bertz CT molecular complexity index is 1370. The molecule has 6 nitrogen and oxygen atoms in total. The molecular weight excluding hydrogens is 421 g/mol. The van der Waals surface area contributed by atoms with Gasteiger partial charge in [-0.05, 0) is 48.7 Å². The minimum absolute atomic E-state index is 0.0632. The molecule has 1 aromatic heterocycles. The lowest BCUT2D eigenvalue weighted by Gasteiger charge is -2.30. The number of Topliss-reactive ketones (excluding diaryl/α,β-unsaturated/α-hetero) is 1. The van der Waals surface area contributed by atoms with E-state index in [0.717, 1.165) is 22.3 Å². The lowest BCUT2D eigenvalue weighted by molar-refractivity contribution is -0.115. The van der Waals surface area contributed by atoms with Crippen LogP contribution in [0, 0.1) is 12.7 Å². The summed E-state index contributed by atoms with van der Waals surface area (Å²) in [6.45, 7) is 5.60. The summed E-state index contributed by atoms with van der Waals surface area (Å²) in [7, 11) is 1.67. The molecule has 33 heavy (non-hydrogen) atoms. The Morgan fingerprint density at radius 3 is 2.48 bits per heavy atom. The van der Waals surface area contributed by atoms with Crippen LogP contribution in [0.25, 0.3) is 16.5 Å². The molecule has 0 atom stereocenters. The number of carbonyl (C=O) groups is 1. The molecule has 0 bridgehead atoms. The maximum absolute atomic E-state index is 13.4. The smallest absolute Gasteiger partial charge is 0.297 e. The fraction of sp³-hybridized carbons (Fsp3) is 0.346. The van der Waals surface area contributed by atoms with E-state index in [1.54, 1.807) is 25.2 Å². The normalized spacial score (nSPS) is 14.8. The van der Waals surface area contributed by atoms with Crippen molar-refractivity contribution in [2.45, 2.75) is 33.2 Å². The van der Waals surface area contributed by atoms with Crippen LogP contribution in [0.15, 0.2) is 57.6 Å². The van der Waals surface area contributed by atoms with Gasteiger partial charge in [-0.15, -0.1) is 0 Å². The summed E-state index contributed by atoms with van der Waals surface area (Å²) in [6, 6.07) is 11.7. The first-order valence-corrected chi connectivity index (χ1v) is 11.2. The predicted octanol–water partition coefficient (Wildman–Crippen LogP) is 3.29. The summed E-state index contributed by atoms with van der Waals surface area (Å²) < 4.78 is 16.2. The maximum atomic E-state index is 13.4. The number of aryl methyl sites for hydroxylation is 2. The van der Waals surface area contributed by atoms with Gasteiger partial charge in [-0.1, -0.05) is 30.7 Å². The van der Waals surface area contributed by atoms with E-state index >= 15 is 0 Å². The van der Waals surface area contributed by atoms with Crippen molar-refractivity contribution in [2.75, 3.05) is 19.6 Å². The van der Waals surface area contributed by atoms with Crippen molar-refractivity contribution in [1.82, 2.24) is 14.0 Å². The van der Waals surface area contributed by atoms with Gasteiger partial charge in [0.2, 0.25) is 0 Å². The molecule has 7 heteroatoms. The Hall–Kier alpha value is -3.32. The van der Waals surface area contributed by atoms with Crippen molar-refractivity contribution in [3.63, 3.8) is 0 Å². The minimum atomic E-state index is -0.347. The van der Waals surface area contributed by atoms with Crippen molar-refractivity contribution in [2.24, 2.45) is 7.05 Å². The highest BCUT2D eigenvalue weighted by Crippen LogP contribution is 2.28. The van der Waals surface area contributed by atoms with Crippen LogP contribution in [0.5, 0.6) is 0 Å². The summed E-state index contributed by atoms with van der Waals surface area (Å²) in [5.74, 6) is -0.244. The van der Waals surface area contributed by atoms with Crippen LogP contribution in [0.1, 0.15) is 30.9 Å². The van der Waals surface area contributed by atoms with Crippen molar-refractivity contribution in [3.05, 3.63) is 85.8 Å². The molecule has 0 amide bonds. The number of ketones is 1. The third kappa shape index (κ3) is 4.46. The topological polar surface area (TPSA) is 64.3 Å². The highest BCUT2D eigenvalue weighted by molar-refractivity contribution is 6.03. The van der Waals surface area contributed by atoms with Crippen molar-refractivity contribution in [3.8, 4) is 0 Å². The maximum Gasteiger partial charge on any atom is 0.331 e. The van der Waals surface area contributed by atoms with Crippen LogP contribution in [-0.4, -0.2) is 39.5 Å². The molecule has 2 aromatic carbocycles. The van der Waals surface area contributed by atoms with E-state index in [4.69, 9.17) is 0 Å². The molecule has 172 valence electrons. The van der Waals surface area contributed by atoms with Gasteiger partial charge < -0.3 is 0 Å². The number of benzene rings is 2. The largest absolute Gasteiger partial charge is 0.331 e. The highest BCUT2D eigenvalue weighted by atomic mass is 19.1. The number of aromatic nitrogens is 2. The third-order valence-corrected chi connectivity index (χ3v) is 6.42. The van der Waals surface area contributed by atoms with Crippen molar-refractivity contribution >= 4 is 22.3 Å². The molecule has 0 saturated carbocycles. The first-order chi connectivity index (χ1) is 15.8. The minimum Gasteiger partial charge on any atom is -0.297 e. The Kier molecular flexibility index (Phi) is 6.42. The molecule has 0 radical (unpaired) electrons. The summed E-state index contributed by atoms with van der Waals surface area (Å²) in [5.41, 5.74) is 3.48. The number of rotatable bonds is 6. The van der Waals surface area contributed by atoms with E-state index < -0.39 is 0 Å². The van der Waals surface area contributed by atoms with E-state index in [9.17, 15) is 18.8 Å². The van der Waals surface area contributed by atoms with Gasteiger partial charge in [-0.2, -0.15) is 0 Å². The lowest BCUT2D eigenvalue weighted by Crippen LogP contribution is -2.43. The fourth-order valence-electron chi connectivity index (χ4n) is 4.52. The molecule has 0 N–H and O–H groups in total.